The minimum Gasteiger partial charge on any atom is -0.206 e. The summed E-state index contributed by atoms with van der Waals surface area (Å²) < 4.78 is 13.2. The summed E-state index contributed by atoms with van der Waals surface area (Å²) in [6.07, 6.45) is 6.80. The Morgan fingerprint density at radius 3 is 2.87 bits per heavy atom. The van der Waals surface area contributed by atoms with Crippen LogP contribution in [0.1, 0.15) is 30.9 Å². The van der Waals surface area contributed by atoms with Crippen LogP contribution in [0.5, 0.6) is 0 Å². The molecule has 0 heterocycles. The van der Waals surface area contributed by atoms with Crippen LogP contribution in [0.3, 0.4) is 0 Å². The van der Waals surface area contributed by atoms with Crippen molar-refractivity contribution in [2.24, 2.45) is 0 Å². The Bertz CT molecular complexity index is 388. The topological polar surface area (TPSA) is 23.8 Å². The lowest BCUT2D eigenvalue weighted by Crippen LogP contribution is -1.91. The Labute approximate surface area is 89.9 Å². The molecule has 0 saturated carbocycles. The van der Waals surface area contributed by atoms with Crippen LogP contribution in [-0.4, -0.2) is 0 Å². The quantitative estimate of drug-likeness (QED) is 0.686. The number of unbranched alkanes of at least 4 members (excludes halogenated alkanes) is 1. The number of hydrogen-bond donors (Lipinski definition) is 0. The minimum absolute atomic E-state index is 0.165. The third kappa shape index (κ3) is 3.21. The standard InChI is InChI=1S/C13H14FN/c1-2-3-4-5-7-11-8-6-9-13(14)12(11)10-15/h4-6,8-9H,2-3,7H2,1H3. The molecule has 1 aromatic rings. The largest absolute Gasteiger partial charge is 0.206 e. The van der Waals surface area contributed by atoms with Gasteiger partial charge in [0.2, 0.25) is 0 Å². The highest BCUT2D eigenvalue weighted by Crippen LogP contribution is 2.13. The van der Waals surface area contributed by atoms with Gasteiger partial charge in [0.15, 0.2) is 0 Å². The summed E-state index contributed by atoms with van der Waals surface area (Å²) in [6.45, 7) is 2.10. The van der Waals surface area contributed by atoms with E-state index in [0.717, 1.165) is 18.4 Å². The highest BCUT2D eigenvalue weighted by Gasteiger charge is 2.05. The van der Waals surface area contributed by atoms with Crippen LogP contribution in [0.25, 0.3) is 0 Å². The van der Waals surface area contributed by atoms with E-state index in [1.807, 2.05) is 12.1 Å². The van der Waals surface area contributed by atoms with Crippen LogP contribution < -0.4 is 0 Å². The zero-order valence-corrected chi connectivity index (χ0v) is 8.83. The Hall–Kier alpha value is -1.62. The van der Waals surface area contributed by atoms with Crippen LogP contribution in [0.4, 0.5) is 4.39 Å². The van der Waals surface area contributed by atoms with Crippen LogP contribution in [0, 0.1) is 17.1 Å². The Balaban J connectivity index is 2.77. The van der Waals surface area contributed by atoms with E-state index in [1.165, 1.54) is 6.07 Å². The van der Waals surface area contributed by atoms with Crippen LogP contribution in [0.2, 0.25) is 0 Å². The van der Waals surface area contributed by atoms with Crippen molar-refractivity contribution in [3.8, 4) is 6.07 Å². The van der Waals surface area contributed by atoms with Gasteiger partial charge < -0.3 is 0 Å². The van der Waals surface area contributed by atoms with E-state index in [1.54, 1.807) is 12.1 Å². The predicted molar refractivity (Wildman–Crippen MR) is 58.9 cm³/mol. The first-order chi connectivity index (χ1) is 7.29. The fourth-order valence-electron chi connectivity index (χ4n) is 1.36. The maximum Gasteiger partial charge on any atom is 0.141 e. The number of nitriles is 1. The van der Waals surface area contributed by atoms with Gasteiger partial charge in [0.05, 0.1) is 5.56 Å². The van der Waals surface area contributed by atoms with Crippen molar-refractivity contribution in [2.45, 2.75) is 26.2 Å². The SMILES string of the molecule is CCCC=CCc1cccc(F)c1C#N. The van der Waals surface area contributed by atoms with Gasteiger partial charge in [-0.05, 0) is 24.5 Å². The maximum absolute atomic E-state index is 13.2. The molecule has 0 aliphatic rings. The normalized spacial score (nSPS) is 10.5. The van der Waals surface area contributed by atoms with Crippen molar-refractivity contribution in [2.75, 3.05) is 0 Å². The Morgan fingerprint density at radius 2 is 2.20 bits per heavy atom. The lowest BCUT2D eigenvalue weighted by atomic mass is 10.0. The van der Waals surface area contributed by atoms with Gasteiger partial charge in [0, 0.05) is 0 Å². The summed E-state index contributed by atoms with van der Waals surface area (Å²) in [4.78, 5) is 0. The van der Waals surface area contributed by atoms with Crippen molar-refractivity contribution in [1.29, 1.82) is 5.26 Å². The van der Waals surface area contributed by atoms with E-state index >= 15 is 0 Å². The first-order valence-corrected chi connectivity index (χ1v) is 5.12. The van der Waals surface area contributed by atoms with Gasteiger partial charge in [-0.3, -0.25) is 0 Å². The second-order valence-corrected chi connectivity index (χ2v) is 3.35. The number of hydrogen-bond acceptors (Lipinski definition) is 1. The van der Waals surface area contributed by atoms with Crippen LogP contribution >= 0.6 is 0 Å². The molecule has 0 atom stereocenters. The molecular formula is C13H14FN. The Kier molecular flexibility index (Phi) is 4.56. The summed E-state index contributed by atoms with van der Waals surface area (Å²) in [5, 5.41) is 8.79. The minimum atomic E-state index is -0.432. The predicted octanol–water partition coefficient (Wildman–Crippen LogP) is 3.60. The molecule has 1 nitrogen and oxygen atoms in total. The number of rotatable bonds is 4. The summed E-state index contributed by atoms with van der Waals surface area (Å²) in [7, 11) is 0. The molecular weight excluding hydrogens is 189 g/mol. The van der Waals surface area contributed by atoms with Crippen molar-refractivity contribution < 1.29 is 4.39 Å². The number of allylic oxidation sites excluding steroid dienone is 2. The molecule has 15 heavy (non-hydrogen) atoms. The molecule has 0 unspecified atom stereocenters. The molecule has 0 N–H and O–H groups in total. The first-order valence-electron chi connectivity index (χ1n) is 5.12. The van der Waals surface area contributed by atoms with E-state index in [2.05, 4.69) is 13.0 Å². The molecule has 1 rings (SSSR count). The molecule has 0 spiro atoms. The van der Waals surface area contributed by atoms with E-state index in [9.17, 15) is 4.39 Å². The Morgan fingerprint density at radius 1 is 1.40 bits per heavy atom. The highest BCUT2D eigenvalue weighted by atomic mass is 19.1. The molecule has 0 fully saturated rings. The molecule has 0 saturated heterocycles. The van der Waals surface area contributed by atoms with Crippen molar-refractivity contribution in [1.82, 2.24) is 0 Å². The van der Waals surface area contributed by atoms with Gasteiger partial charge in [-0.1, -0.05) is 37.6 Å². The number of halogens is 1. The van der Waals surface area contributed by atoms with Gasteiger partial charge in [-0.15, -0.1) is 0 Å². The van der Waals surface area contributed by atoms with Gasteiger partial charge in [0.1, 0.15) is 11.9 Å². The zero-order chi connectivity index (χ0) is 11.1. The third-order valence-corrected chi connectivity index (χ3v) is 2.17. The summed E-state index contributed by atoms with van der Waals surface area (Å²) >= 11 is 0. The van der Waals surface area contributed by atoms with E-state index < -0.39 is 5.82 Å². The average molecular weight is 203 g/mol. The summed E-state index contributed by atoms with van der Waals surface area (Å²) in [5.41, 5.74) is 0.920. The van der Waals surface area contributed by atoms with E-state index in [-0.39, 0.29) is 5.56 Å². The zero-order valence-electron chi connectivity index (χ0n) is 8.83. The number of nitrogens with zero attached hydrogens (tertiary/aromatic N) is 1. The van der Waals surface area contributed by atoms with Crippen LogP contribution in [0.15, 0.2) is 30.4 Å². The highest BCUT2D eigenvalue weighted by molar-refractivity contribution is 5.39. The summed E-state index contributed by atoms with van der Waals surface area (Å²) in [6, 6.07) is 6.64. The maximum atomic E-state index is 13.2. The van der Waals surface area contributed by atoms with Crippen molar-refractivity contribution >= 4 is 0 Å². The monoisotopic (exact) mass is 203 g/mol. The average Bonchev–Trinajstić information content (AvgIpc) is 2.24. The fraction of sp³-hybridized carbons (Fsp3) is 0.308. The summed E-state index contributed by atoms with van der Waals surface area (Å²) in [5.74, 6) is -0.432. The molecule has 0 aromatic heterocycles. The third-order valence-electron chi connectivity index (χ3n) is 2.17. The molecule has 0 aliphatic heterocycles. The molecule has 0 aliphatic carbocycles. The lowest BCUT2D eigenvalue weighted by molar-refractivity contribution is 0.622. The van der Waals surface area contributed by atoms with Gasteiger partial charge in [0.25, 0.3) is 0 Å². The lowest BCUT2D eigenvalue weighted by Gasteiger charge is -2.00. The number of benzene rings is 1. The molecule has 0 radical (unpaired) electrons. The molecule has 0 bridgehead atoms. The molecule has 1 aromatic carbocycles. The molecule has 78 valence electrons. The van der Waals surface area contributed by atoms with E-state index in [0.29, 0.717) is 6.42 Å². The van der Waals surface area contributed by atoms with Gasteiger partial charge >= 0.3 is 0 Å². The van der Waals surface area contributed by atoms with E-state index in [4.69, 9.17) is 5.26 Å². The van der Waals surface area contributed by atoms with Gasteiger partial charge in [-0.25, -0.2) is 4.39 Å². The second-order valence-electron chi connectivity index (χ2n) is 3.35. The van der Waals surface area contributed by atoms with Crippen molar-refractivity contribution in [3.05, 3.63) is 47.3 Å². The smallest absolute Gasteiger partial charge is 0.141 e. The molecule has 0 amide bonds. The fourth-order valence-corrected chi connectivity index (χ4v) is 1.36. The molecule has 2 heteroatoms. The van der Waals surface area contributed by atoms with Crippen LogP contribution in [-0.2, 0) is 6.42 Å². The van der Waals surface area contributed by atoms with Crippen molar-refractivity contribution in [3.63, 3.8) is 0 Å². The second kappa shape index (κ2) is 5.98. The van der Waals surface area contributed by atoms with Gasteiger partial charge in [-0.2, -0.15) is 5.26 Å². The first kappa shape index (κ1) is 11.5.